The number of benzene rings is 11. The molecule has 1 heterocycles. The van der Waals surface area contributed by atoms with Crippen molar-refractivity contribution < 1.29 is 0 Å². The van der Waals surface area contributed by atoms with Crippen LogP contribution in [0.5, 0.6) is 0 Å². The van der Waals surface area contributed by atoms with E-state index in [1.165, 1.54) is 60.1 Å². The molecule has 0 saturated carbocycles. The molecule has 0 aliphatic rings. The highest BCUT2D eigenvalue weighted by atomic mass is 15.0. The minimum absolute atomic E-state index is 0.626. The molecule has 0 spiro atoms. The van der Waals surface area contributed by atoms with Gasteiger partial charge in [0, 0.05) is 16.7 Å². The molecule has 0 aliphatic carbocycles. The summed E-state index contributed by atoms with van der Waals surface area (Å²) in [4.78, 5) is 16.0. The summed E-state index contributed by atoms with van der Waals surface area (Å²) in [5.74, 6) is 1.89. The molecule has 0 fully saturated rings. The van der Waals surface area contributed by atoms with E-state index in [1.807, 2.05) is 6.07 Å². The van der Waals surface area contributed by atoms with E-state index in [9.17, 15) is 0 Å². The minimum Gasteiger partial charge on any atom is -0.208 e. The molecule has 0 aliphatic heterocycles. The van der Waals surface area contributed by atoms with Gasteiger partial charge in [-0.15, -0.1) is 0 Å². The lowest BCUT2D eigenvalue weighted by Crippen LogP contribution is -2.01. The Hall–Kier alpha value is -8.27. The van der Waals surface area contributed by atoms with Crippen molar-refractivity contribution in [3.8, 4) is 67.5 Å². The first-order valence-corrected chi connectivity index (χ1v) is 21.1. The van der Waals surface area contributed by atoms with Crippen molar-refractivity contribution in [1.82, 2.24) is 15.0 Å². The molecule has 3 nitrogen and oxygen atoms in total. The van der Waals surface area contributed by atoms with Crippen LogP contribution in [0.25, 0.3) is 121 Å². The predicted molar refractivity (Wildman–Crippen MR) is 260 cm³/mol. The number of hydrogen-bond donors (Lipinski definition) is 0. The molecule has 0 unspecified atom stereocenters. The number of rotatable bonds is 6. The summed E-state index contributed by atoms with van der Waals surface area (Å²) < 4.78 is 0. The average Bonchev–Trinajstić information content (AvgIpc) is 3.35. The van der Waals surface area contributed by atoms with E-state index in [4.69, 9.17) is 15.0 Å². The lowest BCUT2D eigenvalue weighted by Gasteiger charge is -2.17. The Morgan fingerprint density at radius 2 is 0.645 bits per heavy atom. The predicted octanol–water partition coefficient (Wildman–Crippen LogP) is 15.6. The lowest BCUT2D eigenvalue weighted by atomic mass is 9.87. The fourth-order valence-electron chi connectivity index (χ4n) is 9.37. The molecule has 0 atom stereocenters. The second-order valence-corrected chi connectivity index (χ2v) is 15.9. The van der Waals surface area contributed by atoms with E-state index in [0.717, 1.165) is 43.8 Å². The Morgan fingerprint density at radius 3 is 1.29 bits per heavy atom. The van der Waals surface area contributed by atoms with Crippen molar-refractivity contribution in [1.29, 1.82) is 0 Å². The molecule has 0 radical (unpaired) electrons. The second-order valence-electron chi connectivity index (χ2n) is 15.9. The summed E-state index contributed by atoms with van der Waals surface area (Å²) in [7, 11) is 0. The van der Waals surface area contributed by atoms with Crippen LogP contribution in [0.2, 0.25) is 0 Å². The lowest BCUT2D eigenvalue weighted by molar-refractivity contribution is 1.08. The average molecular weight is 788 g/mol. The molecule has 0 bridgehead atoms. The van der Waals surface area contributed by atoms with E-state index in [0.29, 0.717) is 17.5 Å². The SMILES string of the molecule is c1ccc(-c2ccc(-c3nc(-c4ccc(-c5ccccc5)c5ccccc45)nc(-c4ccc(-c5c6ccccc6cc6c5ccc5ccccc56)c5ccccc45)n3)cc2)cc1. The number of aromatic nitrogens is 3. The van der Waals surface area contributed by atoms with Gasteiger partial charge < -0.3 is 0 Å². The Labute approximate surface area is 359 Å². The summed E-state index contributed by atoms with van der Waals surface area (Å²) >= 11 is 0. The Bertz CT molecular complexity index is 3670. The molecule has 0 saturated heterocycles. The van der Waals surface area contributed by atoms with Gasteiger partial charge >= 0.3 is 0 Å². The zero-order chi connectivity index (χ0) is 41.0. The second kappa shape index (κ2) is 14.8. The quantitative estimate of drug-likeness (QED) is 0.124. The Kier molecular flexibility index (Phi) is 8.50. The van der Waals surface area contributed by atoms with Crippen molar-refractivity contribution in [3.05, 3.63) is 224 Å². The van der Waals surface area contributed by atoms with Crippen LogP contribution in [-0.2, 0) is 0 Å². The molecule has 12 rings (SSSR count). The summed E-state index contributed by atoms with van der Waals surface area (Å²) in [6.45, 7) is 0. The van der Waals surface area contributed by atoms with Crippen molar-refractivity contribution in [2.45, 2.75) is 0 Å². The van der Waals surface area contributed by atoms with E-state index >= 15 is 0 Å². The molecule has 11 aromatic carbocycles. The molecular weight excluding hydrogens is 751 g/mol. The first kappa shape index (κ1) is 35.7. The number of fused-ring (bicyclic) bond motifs is 6. The highest BCUT2D eigenvalue weighted by molar-refractivity contribution is 6.23. The van der Waals surface area contributed by atoms with Gasteiger partial charge in [0.15, 0.2) is 17.5 Å². The van der Waals surface area contributed by atoms with Crippen LogP contribution >= 0.6 is 0 Å². The van der Waals surface area contributed by atoms with Crippen LogP contribution in [0.15, 0.2) is 224 Å². The van der Waals surface area contributed by atoms with Crippen LogP contribution < -0.4 is 0 Å². The Morgan fingerprint density at radius 1 is 0.210 bits per heavy atom. The van der Waals surface area contributed by atoms with Gasteiger partial charge in [-0.2, -0.15) is 0 Å². The highest BCUT2D eigenvalue weighted by Gasteiger charge is 2.20. The fraction of sp³-hybridized carbons (Fsp3) is 0. The van der Waals surface area contributed by atoms with Gasteiger partial charge in [-0.05, 0) is 105 Å². The van der Waals surface area contributed by atoms with Gasteiger partial charge in [-0.1, -0.05) is 206 Å². The van der Waals surface area contributed by atoms with Crippen LogP contribution in [0, 0.1) is 0 Å². The van der Waals surface area contributed by atoms with E-state index in [2.05, 4.69) is 218 Å². The molecule has 12 aromatic rings. The first-order chi connectivity index (χ1) is 30.7. The van der Waals surface area contributed by atoms with Crippen molar-refractivity contribution in [2.75, 3.05) is 0 Å². The summed E-state index contributed by atoms with van der Waals surface area (Å²) in [6.07, 6.45) is 0. The highest BCUT2D eigenvalue weighted by Crippen LogP contribution is 2.44. The van der Waals surface area contributed by atoms with Gasteiger partial charge in [0.25, 0.3) is 0 Å². The van der Waals surface area contributed by atoms with Gasteiger partial charge in [-0.3, -0.25) is 0 Å². The van der Waals surface area contributed by atoms with E-state index < -0.39 is 0 Å². The number of nitrogens with zero attached hydrogens (tertiary/aromatic N) is 3. The van der Waals surface area contributed by atoms with Crippen molar-refractivity contribution >= 4 is 53.9 Å². The minimum atomic E-state index is 0.626. The topological polar surface area (TPSA) is 38.7 Å². The smallest absolute Gasteiger partial charge is 0.164 e. The standard InChI is InChI=1S/C59H37N3/c1-3-15-38(16-4-1)39-27-29-42(30-28-39)57-60-58(53-35-33-45(40-17-5-2-6-18-40)47-23-11-13-25-49(47)53)62-59(61-57)54-36-34-51(48-24-12-14-26-50(48)54)56-46-22-10-8-20-43(46)37-55-44-21-9-7-19-41(44)31-32-52(55)56/h1-37H. The maximum Gasteiger partial charge on any atom is 0.164 e. The zero-order valence-electron chi connectivity index (χ0n) is 33.7. The molecule has 0 N–H and O–H groups in total. The van der Waals surface area contributed by atoms with E-state index in [-0.39, 0.29) is 0 Å². The van der Waals surface area contributed by atoms with Crippen LogP contribution in [-0.4, -0.2) is 15.0 Å². The van der Waals surface area contributed by atoms with Crippen LogP contribution in [0.4, 0.5) is 0 Å². The van der Waals surface area contributed by atoms with Gasteiger partial charge in [-0.25, -0.2) is 15.0 Å². The van der Waals surface area contributed by atoms with Crippen LogP contribution in [0.3, 0.4) is 0 Å². The fourth-order valence-corrected chi connectivity index (χ4v) is 9.37. The summed E-state index contributed by atoms with van der Waals surface area (Å²) in [5.41, 5.74) is 9.90. The van der Waals surface area contributed by atoms with Gasteiger partial charge in [0.1, 0.15) is 0 Å². The summed E-state index contributed by atoms with van der Waals surface area (Å²) in [5, 5.41) is 11.9. The van der Waals surface area contributed by atoms with Crippen molar-refractivity contribution in [2.24, 2.45) is 0 Å². The third kappa shape index (κ3) is 6.02. The van der Waals surface area contributed by atoms with Gasteiger partial charge in [0.2, 0.25) is 0 Å². The monoisotopic (exact) mass is 787 g/mol. The molecule has 62 heavy (non-hydrogen) atoms. The molecule has 0 amide bonds. The largest absolute Gasteiger partial charge is 0.208 e. The molecule has 1 aromatic heterocycles. The third-order valence-corrected chi connectivity index (χ3v) is 12.3. The summed E-state index contributed by atoms with van der Waals surface area (Å²) in [6, 6.07) is 80.0. The maximum atomic E-state index is 5.38. The molecular formula is C59H37N3. The Balaban J connectivity index is 1.09. The molecule has 3 heteroatoms. The van der Waals surface area contributed by atoms with Crippen molar-refractivity contribution in [3.63, 3.8) is 0 Å². The first-order valence-electron chi connectivity index (χ1n) is 21.1. The van der Waals surface area contributed by atoms with E-state index in [1.54, 1.807) is 0 Å². The number of hydrogen-bond acceptors (Lipinski definition) is 3. The van der Waals surface area contributed by atoms with Crippen LogP contribution in [0.1, 0.15) is 0 Å². The maximum absolute atomic E-state index is 5.38. The van der Waals surface area contributed by atoms with Gasteiger partial charge in [0.05, 0.1) is 0 Å². The molecule has 288 valence electrons. The zero-order valence-corrected chi connectivity index (χ0v) is 33.7. The third-order valence-electron chi connectivity index (χ3n) is 12.3. The normalized spacial score (nSPS) is 11.5.